The van der Waals surface area contributed by atoms with Gasteiger partial charge in [0.2, 0.25) is 5.91 Å². The highest BCUT2D eigenvalue weighted by atomic mass is 32.2. The van der Waals surface area contributed by atoms with Crippen molar-refractivity contribution in [3.05, 3.63) is 11.9 Å². The molecule has 7 heteroatoms. The summed E-state index contributed by atoms with van der Waals surface area (Å²) >= 11 is 1.26. The van der Waals surface area contributed by atoms with Gasteiger partial charge in [0.25, 0.3) is 0 Å². The van der Waals surface area contributed by atoms with E-state index in [0.717, 1.165) is 5.56 Å². The van der Waals surface area contributed by atoms with E-state index in [1.165, 1.54) is 18.1 Å². The predicted molar refractivity (Wildman–Crippen MR) is 54.5 cm³/mol. The molecule has 0 saturated heterocycles. The Morgan fingerprint density at radius 1 is 1.64 bits per heavy atom. The zero-order valence-electron chi connectivity index (χ0n) is 7.65. The molecule has 0 aromatic carbocycles. The highest BCUT2D eigenvalue weighted by Crippen LogP contribution is 2.22. The lowest BCUT2D eigenvalue weighted by Crippen LogP contribution is -2.14. The van der Waals surface area contributed by atoms with Crippen molar-refractivity contribution in [3.8, 4) is 0 Å². The van der Waals surface area contributed by atoms with E-state index < -0.39 is 0 Å². The fourth-order valence-electron chi connectivity index (χ4n) is 0.865. The van der Waals surface area contributed by atoms with Gasteiger partial charge in [-0.2, -0.15) is 0 Å². The second kappa shape index (κ2) is 4.77. The third-order valence-electron chi connectivity index (χ3n) is 1.53. The zero-order chi connectivity index (χ0) is 10.6. The molecule has 0 spiro atoms. The van der Waals surface area contributed by atoms with Gasteiger partial charge in [-0.15, -0.1) is 0 Å². The molecule has 0 aliphatic heterocycles. The molecule has 0 radical (unpaired) electrons. The van der Waals surface area contributed by atoms with E-state index in [0.29, 0.717) is 10.8 Å². The Morgan fingerprint density at radius 3 is 2.93 bits per heavy atom. The lowest BCUT2D eigenvalue weighted by Gasteiger charge is -2.06. The van der Waals surface area contributed by atoms with Crippen LogP contribution in [0, 0.1) is 6.92 Å². The lowest BCUT2D eigenvalue weighted by atomic mass is 10.3. The van der Waals surface area contributed by atoms with Crippen LogP contribution in [0.4, 0.5) is 5.82 Å². The normalized spacial score (nSPS) is 9.86. The first-order valence-electron chi connectivity index (χ1n) is 3.84. The van der Waals surface area contributed by atoms with Gasteiger partial charge >= 0.3 is 0 Å². The highest BCUT2D eigenvalue weighted by molar-refractivity contribution is 7.99. The average Bonchev–Trinajstić information content (AvgIpc) is 2.16. The number of hydrogen-bond donors (Lipinski definition) is 3. The summed E-state index contributed by atoms with van der Waals surface area (Å²) in [6, 6.07) is 0. The molecule has 0 bridgehead atoms. The Bertz CT molecular complexity index is 343. The van der Waals surface area contributed by atoms with Crippen LogP contribution in [0.25, 0.3) is 0 Å². The van der Waals surface area contributed by atoms with Crippen molar-refractivity contribution in [3.63, 3.8) is 0 Å². The molecule has 1 amide bonds. The molecular formula is C7H11N5OS. The summed E-state index contributed by atoms with van der Waals surface area (Å²) in [6.45, 7) is 1.82. The summed E-state index contributed by atoms with van der Waals surface area (Å²) in [7, 11) is 0. The molecule has 14 heavy (non-hydrogen) atoms. The van der Waals surface area contributed by atoms with E-state index in [4.69, 9.17) is 11.6 Å². The van der Waals surface area contributed by atoms with Crippen LogP contribution in [-0.2, 0) is 4.79 Å². The van der Waals surface area contributed by atoms with Gasteiger partial charge in [-0.05, 0) is 6.92 Å². The standard InChI is InChI=1S/C7H11N5OS/c1-4-6(12-9)10-3-11-7(4)14-2-5(8)13/h3H,2,9H2,1H3,(H2,8,13)(H,10,11,12). The first kappa shape index (κ1) is 10.7. The van der Waals surface area contributed by atoms with E-state index in [9.17, 15) is 4.79 Å². The first-order valence-corrected chi connectivity index (χ1v) is 4.83. The van der Waals surface area contributed by atoms with Crippen molar-refractivity contribution in [2.75, 3.05) is 11.2 Å². The molecule has 0 aliphatic carbocycles. The monoisotopic (exact) mass is 213 g/mol. The molecular weight excluding hydrogens is 202 g/mol. The van der Waals surface area contributed by atoms with Crippen LogP contribution in [-0.4, -0.2) is 21.6 Å². The fraction of sp³-hybridized carbons (Fsp3) is 0.286. The topological polar surface area (TPSA) is 107 Å². The maximum absolute atomic E-state index is 10.6. The van der Waals surface area contributed by atoms with Crippen LogP contribution in [0.2, 0.25) is 0 Å². The maximum Gasteiger partial charge on any atom is 0.227 e. The molecule has 6 nitrogen and oxygen atoms in total. The van der Waals surface area contributed by atoms with Crippen LogP contribution in [0.3, 0.4) is 0 Å². The summed E-state index contributed by atoms with van der Waals surface area (Å²) in [5.41, 5.74) is 8.27. The molecule has 0 unspecified atom stereocenters. The average molecular weight is 213 g/mol. The lowest BCUT2D eigenvalue weighted by molar-refractivity contribution is -0.115. The molecule has 5 N–H and O–H groups in total. The Morgan fingerprint density at radius 2 is 2.36 bits per heavy atom. The molecule has 76 valence electrons. The third kappa shape index (κ3) is 2.57. The Hall–Kier alpha value is -1.34. The number of hydrogen-bond acceptors (Lipinski definition) is 6. The molecule has 1 heterocycles. The van der Waals surface area contributed by atoms with Gasteiger partial charge in [0, 0.05) is 5.56 Å². The van der Waals surface area contributed by atoms with Crippen LogP contribution in [0.1, 0.15) is 5.56 Å². The highest BCUT2D eigenvalue weighted by Gasteiger charge is 2.07. The number of thioether (sulfide) groups is 1. The number of anilines is 1. The molecule has 0 aliphatic rings. The van der Waals surface area contributed by atoms with E-state index in [1.54, 1.807) is 0 Å². The van der Waals surface area contributed by atoms with E-state index in [-0.39, 0.29) is 11.7 Å². The Balaban J connectivity index is 2.81. The van der Waals surface area contributed by atoms with Crippen LogP contribution in [0.15, 0.2) is 11.4 Å². The minimum Gasteiger partial charge on any atom is -0.369 e. The summed E-state index contributed by atoms with van der Waals surface area (Å²) in [4.78, 5) is 18.5. The minimum atomic E-state index is -0.379. The number of nitrogens with two attached hydrogens (primary N) is 2. The predicted octanol–water partition coefficient (Wildman–Crippen LogP) is -0.352. The van der Waals surface area contributed by atoms with Crippen molar-refractivity contribution in [2.24, 2.45) is 11.6 Å². The quantitative estimate of drug-likeness (QED) is 0.273. The van der Waals surface area contributed by atoms with E-state index in [1.807, 2.05) is 6.92 Å². The second-order valence-corrected chi connectivity index (χ2v) is 3.52. The number of carbonyl (C=O) groups is 1. The van der Waals surface area contributed by atoms with E-state index >= 15 is 0 Å². The summed E-state index contributed by atoms with van der Waals surface area (Å²) in [6.07, 6.45) is 1.38. The van der Waals surface area contributed by atoms with Crippen molar-refractivity contribution in [2.45, 2.75) is 11.9 Å². The maximum atomic E-state index is 10.6. The van der Waals surface area contributed by atoms with Gasteiger partial charge < -0.3 is 11.2 Å². The van der Waals surface area contributed by atoms with Crippen LogP contribution >= 0.6 is 11.8 Å². The summed E-state index contributed by atoms with van der Waals surface area (Å²) in [5.74, 6) is 5.60. The number of nitrogens with one attached hydrogen (secondary N) is 1. The number of aromatic nitrogens is 2. The molecule has 1 aromatic rings. The fourth-order valence-corrected chi connectivity index (χ4v) is 1.58. The molecule has 0 fully saturated rings. The Kier molecular flexibility index (Phi) is 3.66. The number of nitrogens with zero attached hydrogens (tertiary/aromatic N) is 2. The smallest absolute Gasteiger partial charge is 0.227 e. The molecule has 0 atom stereocenters. The Labute approximate surface area is 85.4 Å². The van der Waals surface area contributed by atoms with Crippen molar-refractivity contribution in [1.82, 2.24) is 9.97 Å². The van der Waals surface area contributed by atoms with Gasteiger partial charge in [0.05, 0.1) is 5.75 Å². The second-order valence-electron chi connectivity index (χ2n) is 2.55. The number of rotatable bonds is 4. The van der Waals surface area contributed by atoms with Crippen molar-refractivity contribution in [1.29, 1.82) is 0 Å². The summed E-state index contributed by atoms with van der Waals surface area (Å²) in [5, 5.41) is 0.701. The van der Waals surface area contributed by atoms with Crippen LogP contribution in [0.5, 0.6) is 0 Å². The van der Waals surface area contributed by atoms with Crippen molar-refractivity contribution < 1.29 is 4.79 Å². The third-order valence-corrected chi connectivity index (χ3v) is 2.64. The van der Waals surface area contributed by atoms with Crippen LogP contribution < -0.4 is 17.0 Å². The number of amides is 1. The van der Waals surface area contributed by atoms with Gasteiger partial charge in [-0.25, -0.2) is 15.8 Å². The van der Waals surface area contributed by atoms with Gasteiger partial charge in [-0.3, -0.25) is 4.79 Å². The SMILES string of the molecule is Cc1c(NN)ncnc1SCC(N)=O. The van der Waals surface area contributed by atoms with Gasteiger partial charge in [0.15, 0.2) is 0 Å². The van der Waals surface area contributed by atoms with E-state index in [2.05, 4.69) is 15.4 Å². The molecule has 0 saturated carbocycles. The number of carbonyl (C=O) groups excluding carboxylic acids is 1. The zero-order valence-corrected chi connectivity index (χ0v) is 8.47. The largest absolute Gasteiger partial charge is 0.369 e. The minimum absolute atomic E-state index is 0.196. The molecule has 1 rings (SSSR count). The first-order chi connectivity index (χ1) is 6.65. The van der Waals surface area contributed by atoms with Gasteiger partial charge in [0.1, 0.15) is 17.2 Å². The van der Waals surface area contributed by atoms with Crippen molar-refractivity contribution >= 4 is 23.5 Å². The molecule has 1 aromatic heterocycles. The number of hydrazine groups is 1. The van der Waals surface area contributed by atoms with Gasteiger partial charge in [-0.1, -0.05) is 11.8 Å². The number of nitrogen functional groups attached to an aromatic ring is 1. The summed E-state index contributed by atoms with van der Waals surface area (Å²) < 4.78 is 0. The number of primary amides is 1.